The molecule has 1 aromatic carbocycles. The van der Waals surface area contributed by atoms with Crippen molar-refractivity contribution in [3.05, 3.63) is 54.0 Å². The van der Waals surface area contributed by atoms with Crippen molar-refractivity contribution >= 4 is 23.6 Å². The van der Waals surface area contributed by atoms with E-state index in [4.69, 9.17) is 14.3 Å². The van der Waals surface area contributed by atoms with E-state index in [1.165, 1.54) is 11.2 Å². The topological polar surface area (TPSA) is 80.0 Å². The zero-order chi connectivity index (χ0) is 17.8. The van der Waals surface area contributed by atoms with Gasteiger partial charge in [-0.3, -0.25) is 4.79 Å². The fourth-order valence-electron chi connectivity index (χ4n) is 2.71. The largest absolute Gasteiger partial charge is 0.479 e. The molecule has 132 valence electrons. The predicted octanol–water partition coefficient (Wildman–Crippen LogP) is 2.89. The SMILES string of the molecule is C[C@@H]1CN(C(=O)c2occc2CSc2ccccc2)CC(C(=O)O)O1. The van der Waals surface area contributed by atoms with E-state index in [0.29, 0.717) is 12.3 Å². The van der Waals surface area contributed by atoms with E-state index in [-0.39, 0.29) is 24.3 Å². The lowest BCUT2D eigenvalue weighted by atomic mass is 10.2. The summed E-state index contributed by atoms with van der Waals surface area (Å²) in [4.78, 5) is 26.6. The number of furan rings is 1. The fraction of sp³-hybridized carbons (Fsp3) is 0.333. The molecule has 7 heteroatoms. The highest BCUT2D eigenvalue weighted by molar-refractivity contribution is 7.98. The van der Waals surface area contributed by atoms with Crippen molar-refractivity contribution in [1.82, 2.24) is 4.90 Å². The minimum Gasteiger partial charge on any atom is -0.479 e. The molecule has 1 aliphatic rings. The number of hydrogen-bond acceptors (Lipinski definition) is 5. The van der Waals surface area contributed by atoms with Crippen LogP contribution in [0.25, 0.3) is 0 Å². The van der Waals surface area contributed by atoms with E-state index in [2.05, 4.69) is 0 Å². The van der Waals surface area contributed by atoms with Gasteiger partial charge in [0.1, 0.15) is 0 Å². The molecule has 1 saturated heterocycles. The number of aliphatic carboxylic acids is 1. The van der Waals surface area contributed by atoms with Gasteiger partial charge in [0.15, 0.2) is 11.9 Å². The Bertz CT molecular complexity index is 745. The summed E-state index contributed by atoms with van der Waals surface area (Å²) < 4.78 is 10.8. The lowest BCUT2D eigenvalue weighted by Crippen LogP contribution is -2.51. The number of morpholine rings is 1. The first-order chi connectivity index (χ1) is 12.0. The van der Waals surface area contributed by atoms with Crippen LogP contribution in [0.5, 0.6) is 0 Å². The molecular formula is C18H19NO5S. The quantitative estimate of drug-likeness (QED) is 0.825. The molecule has 3 rings (SSSR count). The smallest absolute Gasteiger partial charge is 0.334 e. The highest BCUT2D eigenvalue weighted by atomic mass is 32.2. The normalized spacial score (nSPS) is 20.4. The van der Waals surface area contributed by atoms with Gasteiger partial charge in [-0.2, -0.15) is 0 Å². The van der Waals surface area contributed by atoms with E-state index in [0.717, 1.165) is 10.5 Å². The zero-order valence-corrected chi connectivity index (χ0v) is 14.6. The summed E-state index contributed by atoms with van der Waals surface area (Å²) >= 11 is 1.61. The average molecular weight is 361 g/mol. The van der Waals surface area contributed by atoms with Gasteiger partial charge in [0.25, 0.3) is 5.91 Å². The van der Waals surface area contributed by atoms with Gasteiger partial charge in [0.2, 0.25) is 0 Å². The van der Waals surface area contributed by atoms with Crippen LogP contribution in [0.4, 0.5) is 0 Å². The molecule has 0 radical (unpaired) electrons. The Hall–Kier alpha value is -2.25. The van der Waals surface area contributed by atoms with Crippen LogP contribution in [-0.4, -0.2) is 47.2 Å². The molecule has 1 aromatic heterocycles. The van der Waals surface area contributed by atoms with Crippen molar-refractivity contribution < 1.29 is 23.8 Å². The summed E-state index contributed by atoms with van der Waals surface area (Å²) in [6.45, 7) is 2.11. The first-order valence-electron chi connectivity index (χ1n) is 7.96. The maximum atomic E-state index is 12.8. The van der Waals surface area contributed by atoms with Crippen molar-refractivity contribution in [2.75, 3.05) is 13.1 Å². The monoisotopic (exact) mass is 361 g/mol. The molecule has 2 atom stereocenters. The molecule has 1 N–H and O–H groups in total. The number of carboxylic acids is 1. The second kappa shape index (κ2) is 7.76. The molecule has 0 spiro atoms. The molecule has 2 heterocycles. The van der Waals surface area contributed by atoms with Gasteiger partial charge in [0, 0.05) is 22.8 Å². The van der Waals surface area contributed by atoms with Crippen LogP contribution >= 0.6 is 11.8 Å². The van der Waals surface area contributed by atoms with Crippen molar-refractivity contribution in [3.8, 4) is 0 Å². The third-order valence-electron chi connectivity index (χ3n) is 3.90. The highest BCUT2D eigenvalue weighted by Gasteiger charge is 2.34. The van der Waals surface area contributed by atoms with Crippen LogP contribution in [0.3, 0.4) is 0 Å². The number of carbonyl (C=O) groups is 2. The van der Waals surface area contributed by atoms with Gasteiger partial charge in [-0.05, 0) is 25.1 Å². The molecule has 2 aromatic rings. The molecule has 0 aliphatic carbocycles. The maximum absolute atomic E-state index is 12.8. The van der Waals surface area contributed by atoms with Gasteiger partial charge in [-0.15, -0.1) is 11.8 Å². The van der Waals surface area contributed by atoms with E-state index < -0.39 is 12.1 Å². The van der Waals surface area contributed by atoms with E-state index >= 15 is 0 Å². The van der Waals surface area contributed by atoms with Crippen molar-refractivity contribution in [3.63, 3.8) is 0 Å². The standard InChI is InChI=1S/C18H19NO5S/c1-12-9-19(10-15(24-12)18(21)22)17(20)16-13(7-8-23-16)11-25-14-5-3-2-4-6-14/h2-8,12,15H,9-11H2,1H3,(H,21,22)/t12-,15?/m1/s1. The minimum atomic E-state index is -1.07. The van der Waals surface area contributed by atoms with Gasteiger partial charge in [-0.25, -0.2) is 4.79 Å². The van der Waals surface area contributed by atoms with Crippen LogP contribution in [0, 0.1) is 0 Å². The Labute approximate surface area is 149 Å². The molecule has 1 amide bonds. The first kappa shape index (κ1) is 17.6. The van der Waals surface area contributed by atoms with E-state index in [1.54, 1.807) is 24.8 Å². The number of hydrogen-bond donors (Lipinski definition) is 1. The third-order valence-corrected chi connectivity index (χ3v) is 4.96. The second-order valence-electron chi connectivity index (χ2n) is 5.86. The maximum Gasteiger partial charge on any atom is 0.334 e. The fourth-order valence-corrected chi connectivity index (χ4v) is 3.61. The summed E-state index contributed by atoms with van der Waals surface area (Å²) in [5.74, 6) is -0.496. The van der Waals surface area contributed by atoms with E-state index in [9.17, 15) is 9.59 Å². The molecule has 0 bridgehead atoms. The molecular weight excluding hydrogens is 342 g/mol. The minimum absolute atomic E-state index is 0.0183. The number of thioether (sulfide) groups is 1. The Morgan fingerprint density at radius 1 is 1.24 bits per heavy atom. The number of rotatable bonds is 5. The highest BCUT2D eigenvalue weighted by Crippen LogP contribution is 2.26. The Kier molecular flexibility index (Phi) is 5.45. The van der Waals surface area contributed by atoms with Gasteiger partial charge in [-0.1, -0.05) is 18.2 Å². The summed E-state index contributed by atoms with van der Waals surface area (Å²) in [6, 6.07) is 11.7. The third kappa shape index (κ3) is 4.24. The lowest BCUT2D eigenvalue weighted by Gasteiger charge is -2.34. The number of ether oxygens (including phenoxy) is 1. The van der Waals surface area contributed by atoms with Crippen LogP contribution < -0.4 is 0 Å². The molecule has 1 fully saturated rings. The average Bonchev–Trinajstić information content (AvgIpc) is 3.08. The number of carbonyl (C=O) groups excluding carboxylic acids is 1. The van der Waals surface area contributed by atoms with Crippen LogP contribution in [0.1, 0.15) is 23.0 Å². The molecule has 0 saturated carbocycles. The second-order valence-corrected chi connectivity index (χ2v) is 6.91. The van der Waals surface area contributed by atoms with Gasteiger partial charge >= 0.3 is 5.97 Å². The number of nitrogens with zero attached hydrogens (tertiary/aromatic N) is 1. The summed E-state index contributed by atoms with van der Waals surface area (Å²) in [7, 11) is 0. The van der Waals surface area contributed by atoms with E-state index in [1.807, 2.05) is 30.3 Å². The molecule has 25 heavy (non-hydrogen) atoms. The van der Waals surface area contributed by atoms with Crippen molar-refractivity contribution in [2.24, 2.45) is 0 Å². The van der Waals surface area contributed by atoms with Crippen molar-refractivity contribution in [1.29, 1.82) is 0 Å². The number of carboxylic acid groups (broad SMARTS) is 1. The lowest BCUT2D eigenvalue weighted by molar-refractivity contribution is -0.160. The number of benzene rings is 1. The summed E-state index contributed by atoms with van der Waals surface area (Å²) in [5, 5.41) is 9.16. The Balaban J connectivity index is 1.70. The van der Waals surface area contributed by atoms with Crippen molar-refractivity contribution in [2.45, 2.75) is 29.8 Å². The van der Waals surface area contributed by atoms with Gasteiger partial charge in [0.05, 0.1) is 18.9 Å². The number of amides is 1. The van der Waals surface area contributed by atoms with Crippen LogP contribution in [0.2, 0.25) is 0 Å². The zero-order valence-electron chi connectivity index (χ0n) is 13.8. The van der Waals surface area contributed by atoms with Gasteiger partial charge < -0.3 is 19.2 Å². The van der Waals surface area contributed by atoms with Crippen LogP contribution in [-0.2, 0) is 15.3 Å². The summed E-state index contributed by atoms with van der Waals surface area (Å²) in [5.41, 5.74) is 0.796. The van der Waals surface area contributed by atoms with Crippen LogP contribution in [0.15, 0.2) is 52.0 Å². The Morgan fingerprint density at radius 2 is 2.00 bits per heavy atom. The molecule has 1 unspecified atom stereocenters. The molecule has 6 nitrogen and oxygen atoms in total. The Morgan fingerprint density at radius 3 is 2.72 bits per heavy atom. The summed E-state index contributed by atoms with van der Waals surface area (Å²) in [6.07, 6.45) is 0.146. The molecule has 1 aliphatic heterocycles. The predicted molar refractivity (Wildman–Crippen MR) is 92.6 cm³/mol. The first-order valence-corrected chi connectivity index (χ1v) is 8.95.